The van der Waals surface area contributed by atoms with Crippen molar-refractivity contribution >= 4 is 40.5 Å². The Hall–Kier alpha value is 0.280. The average Bonchev–Trinajstić information content (AvgIpc) is 3.11. The quantitative estimate of drug-likeness (QED) is 0.703. The van der Waals surface area contributed by atoms with Gasteiger partial charge < -0.3 is 4.74 Å². The molecule has 2 rings (SSSR count). The van der Waals surface area contributed by atoms with E-state index in [4.69, 9.17) is 4.74 Å². The lowest BCUT2D eigenvalue weighted by Gasteiger charge is -2.35. The zero-order valence-corrected chi connectivity index (χ0v) is 16.3. The summed E-state index contributed by atoms with van der Waals surface area (Å²) in [6, 6.07) is -0.100. The molecule has 1 aliphatic carbocycles. The van der Waals surface area contributed by atoms with Gasteiger partial charge in [-0.2, -0.15) is 0 Å². The number of carbonyl (C=O) groups is 1. The maximum atomic E-state index is 12.6. The van der Waals surface area contributed by atoms with Gasteiger partial charge in [-0.25, -0.2) is 13.7 Å². The molecular formula is C15H27NO3S3. The first-order valence-corrected chi connectivity index (χ1v) is 11.0. The van der Waals surface area contributed by atoms with Crippen LogP contribution in [0.25, 0.3) is 0 Å². The Bertz CT molecular complexity index is 426. The second-order valence-corrected chi connectivity index (χ2v) is 11.8. The van der Waals surface area contributed by atoms with Crippen LogP contribution in [0.15, 0.2) is 0 Å². The van der Waals surface area contributed by atoms with Gasteiger partial charge in [0.2, 0.25) is 0 Å². The molecule has 0 amide bonds. The molecule has 128 valence electrons. The number of thioether (sulfide) groups is 2. The van der Waals surface area contributed by atoms with E-state index in [1.165, 1.54) is 12.8 Å². The summed E-state index contributed by atoms with van der Waals surface area (Å²) in [5.41, 5.74) is 0. The molecule has 2 atom stereocenters. The van der Waals surface area contributed by atoms with Crippen LogP contribution >= 0.6 is 23.5 Å². The average molecular weight is 366 g/mol. The number of nitrogens with one attached hydrogen (secondary N) is 1. The number of esters is 1. The number of hydrogen-bond donors (Lipinski definition) is 1. The smallest absolute Gasteiger partial charge is 0.334 e. The highest BCUT2D eigenvalue weighted by atomic mass is 32.2. The van der Waals surface area contributed by atoms with Gasteiger partial charge in [-0.1, -0.05) is 12.8 Å². The van der Waals surface area contributed by atoms with Crippen LogP contribution < -0.4 is 4.72 Å². The third-order valence-electron chi connectivity index (χ3n) is 3.81. The number of rotatable bonds is 7. The van der Waals surface area contributed by atoms with Gasteiger partial charge in [0, 0.05) is 11.5 Å². The molecule has 1 heterocycles. The molecule has 0 aromatic rings. The second-order valence-electron chi connectivity index (χ2n) is 6.82. The van der Waals surface area contributed by atoms with Crippen molar-refractivity contribution in [3.63, 3.8) is 0 Å². The fraction of sp³-hybridized carbons (Fsp3) is 0.933. The SMILES string of the molecule is CCOC(=O)C1([C@H](CC2CC2)NS(=O)C(C)(C)C)SCCS1. The molecule has 2 aliphatic rings. The van der Waals surface area contributed by atoms with Gasteiger partial charge in [0.1, 0.15) is 0 Å². The minimum absolute atomic E-state index is 0.100. The van der Waals surface area contributed by atoms with Crippen LogP contribution in [0, 0.1) is 5.92 Å². The molecule has 1 aliphatic heterocycles. The van der Waals surface area contributed by atoms with E-state index in [1.807, 2.05) is 27.7 Å². The van der Waals surface area contributed by atoms with Crippen LogP contribution in [0.1, 0.15) is 47.0 Å². The summed E-state index contributed by atoms with van der Waals surface area (Å²) < 4.78 is 20.2. The number of carbonyl (C=O) groups excluding carboxylic acids is 1. The van der Waals surface area contributed by atoms with Crippen molar-refractivity contribution in [3.05, 3.63) is 0 Å². The predicted molar refractivity (Wildman–Crippen MR) is 96.4 cm³/mol. The first-order valence-electron chi connectivity index (χ1n) is 7.92. The fourth-order valence-electron chi connectivity index (χ4n) is 2.39. The summed E-state index contributed by atoms with van der Waals surface area (Å²) in [4.78, 5) is 12.6. The van der Waals surface area contributed by atoms with Crippen molar-refractivity contribution in [2.24, 2.45) is 5.92 Å². The molecule has 0 aromatic carbocycles. The van der Waals surface area contributed by atoms with Crippen LogP contribution in [0.2, 0.25) is 0 Å². The lowest BCUT2D eigenvalue weighted by Crippen LogP contribution is -2.54. The number of hydrogen-bond acceptors (Lipinski definition) is 5. The molecule has 2 fully saturated rings. The first kappa shape index (κ1) is 18.6. The largest absolute Gasteiger partial charge is 0.464 e. The third kappa shape index (κ3) is 4.42. The highest BCUT2D eigenvalue weighted by Gasteiger charge is 2.53. The summed E-state index contributed by atoms with van der Waals surface area (Å²) in [7, 11) is -1.18. The van der Waals surface area contributed by atoms with Crippen molar-refractivity contribution in [3.8, 4) is 0 Å². The van der Waals surface area contributed by atoms with Crippen LogP contribution in [0.4, 0.5) is 0 Å². The van der Waals surface area contributed by atoms with Gasteiger partial charge in [-0.05, 0) is 40.0 Å². The molecule has 0 spiro atoms. The minimum atomic E-state index is -1.18. The molecule has 0 aromatic heterocycles. The van der Waals surface area contributed by atoms with E-state index in [1.54, 1.807) is 23.5 Å². The van der Waals surface area contributed by atoms with Crippen LogP contribution in [0.5, 0.6) is 0 Å². The molecule has 4 nitrogen and oxygen atoms in total. The van der Waals surface area contributed by atoms with Crippen molar-refractivity contribution in [1.82, 2.24) is 4.72 Å². The summed E-state index contributed by atoms with van der Waals surface area (Å²) in [5.74, 6) is 2.37. The Kier molecular flexibility index (Phi) is 6.30. The Morgan fingerprint density at radius 3 is 2.41 bits per heavy atom. The molecule has 7 heteroatoms. The Morgan fingerprint density at radius 2 is 1.95 bits per heavy atom. The fourth-order valence-corrected chi connectivity index (χ4v) is 6.60. The van der Waals surface area contributed by atoms with Gasteiger partial charge >= 0.3 is 5.97 Å². The Morgan fingerprint density at radius 1 is 1.36 bits per heavy atom. The van der Waals surface area contributed by atoms with Crippen molar-refractivity contribution in [2.75, 3.05) is 18.1 Å². The van der Waals surface area contributed by atoms with Gasteiger partial charge in [0.25, 0.3) is 0 Å². The highest BCUT2D eigenvalue weighted by Crippen LogP contribution is 2.50. The topological polar surface area (TPSA) is 55.4 Å². The van der Waals surface area contributed by atoms with Gasteiger partial charge in [-0.15, -0.1) is 23.5 Å². The summed E-state index contributed by atoms with van der Waals surface area (Å²) in [6.07, 6.45) is 3.34. The highest BCUT2D eigenvalue weighted by molar-refractivity contribution is 8.22. The van der Waals surface area contributed by atoms with Crippen LogP contribution in [-0.2, 0) is 20.5 Å². The standard InChI is InChI=1S/C15H27NO3S3/c1-5-19-13(17)15(20-8-9-21-15)12(10-11-6-7-11)16-22(18)14(2,3)4/h11-12,16H,5-10H2,1-4H3/t12-,22?/m0/s1. The van der Waals surface area contributed by atoms with E-state index in [2.05, 4.69) is 4.72 Å². The molecule has 22 heavy (non-hydrogen) atoms. The monoisotopic (exact) mass is 365 g/mol. The summed E-state index contributed by atoms with van der Waals surface area (Å²) in [5, 5.41) is 0. The van der Waals surface area contributed by atoms with Crippen LogP contribution in [-0.4, -0.2) is 43.2 Å². The van der Waals surface area contributed by atoms with E-state index in [0.29, 0.717) is 12.5 Å². The molecule has 0 radical (unpaired) electrons. The second kappa shape index (κ2) is 7.45. The van der Waals surface area contributed by atoms with Crippen molar-refractivity contribution < 1.29 is 13.7 Å². The zero-order valence-electron chi connectivity index (χ0n) is 13.8. The Balaban J connectivity index is 2.20. The van der Waals surface area contributed by atoms with Gasteiger partial charge in [0.15, 0.2) is 4.08 Å². The third-order valence-corrected chi connectivity index (χ3v) is 8.96. The van der Waals surface area contributed by atoms with Gasteiger partial charge in [0.05, 0.1) is 28.4 Å². The maximum Gasteiger partial charge on any atom is 0.334 e. The zero-order chi connectivity index (χ0) is 16.4. The predicted octanol–water partition coefficient (Wildman–Crippen LogP) is 2.95. The normalized spacial score (nSPS) is 24.0. The summed E-state index contributed by atoms with van der Waals surface area (Å²) in [6.45, 7) is 8.09. The molecule has 1 saturated carbocycles. The van der Waals surface area contributed by atoms with E-state index >= 15 is 0 Å². The molecule has 1 unspecified atom stereocenters. The van der Waals surface area contributed by atoms with E-state index in [9.17, 15) is 9.00 Å². The number of ether oxygens (including phenoxy) is 1. The molecule has 1 saturated heterocycles. The van der Waals surface area contributed by atoms with Crippen molar-refractivity contribution in [1.29, 1.82) is 0 Å². The maximum absolute atomic E-state index is 12.6. The van der Waals surface area contributed by atoms with E-state index < -0.39 is 15.1 Å². The lowest BCUT2D eigenvalue weighted by molar-refractivity contribution is -0.143. The van der Waals surface area contributed by atoms with Gasteiger partial charge in [-0.3, -0.25) is 0 Å². The first-order chi connectivity index (χ1) is 10.3. The minimum Gasteiger partial charge on any atom is -0.464 e. The molecule has 1 N–H and O–H groups in total. The Labute approximate surface area is 144 Å². The summed E-state index contributed by atoms with van der Waals surface area (Å²) >= 11 is 3.32. The molecule has 0 bridgehead atoms. The van der Waals surface area contributed by atoms with Crippen molar-refractivity contribution in [2.45, 2.75) is 61.8 Å². The van der Waals surface area contributed by atoms with E-state index in [-0.39, 0.29) is 16.8 Å². The lowest BCUT2D eigenvalue weighted by atomic mass is 10.1. The van der Waals surface area contributed by atoms with Crippen LogP contribution in [0.3, 0.4) is 0 Å². The molecular weight excluding hydrogens is 338 g/mol. The van der Waals surface area contributed by atoms with E-state index in [0.717, 1.165) is 17.9 Å².